The topological polar surface area (TPSA) is 106 Å². The highest BCUT2D eigenvalue weighted by Gasteiger charge is 2.26. The Labute approximate surface area is 257 Å². The van der Waals surface area contributed by atoms with Gasteiger partial charge in [-0.1, -0.05) is 88.4 Å². The molecule has 0 aliphatic heterocycles. The van der Waals surface area contributed by atoms with Crippen molar-refractivity contribution in [2.45, 2.75) is 92.2 Å². The molecule has 0 aliphatic rings. The standard InChI is InChI=1S/C34H51N3O6/c1-25(2)18-29(35-32(39)41-23-27-14-10-8-11-15-27)20-37(22-31(38)43-34(5,6)7)21-30(19-26(3)4)36-33(40)42-24-28-16-12-9-13-17-28/h8-17,25-26,29-30H,18-24H2,1-7H3,(H,35,39)(H,36,40). The number of amides is 2. The summed E-state index contributed by atoms with van der Waals surface area (Å²) in [6.45, 7) is 14.8. The van der Waals surface area contributed by atoms with E-state index in [1.54, 1.807) is 0 Å². The summed E-state index contributed by atoms with van der Waals surface area (Å²) in [6.07, 6.45) is 0.306. The lowest BCUT2D eigenvalue weighted by atomic mass is 10.0. The van der Waals surface area contributed by atoms with Crippen LogP contribution in [0.4, 0.5) is 9.59 Å². The van der Waals surface area contributed by atoms with Gasteiger partial charge in [0.25, 0.3) is 0 Å². The largest absolute Gasteiger partial charge is 0.459 e. The molecule has 9 heteroatoms. The number of ether oxygens (including phenoxy) is 3. The predicted molar refractivity (Wildman–Crippen MR) is 168 cm³/mol. The minimum Gasteiger partial charge on any atom is -0.459 e. The van der Waals surface area contributed by atoms with E-state index in [1.807, 2.05) is 86.3 Å². The third kappa shape index (κ3) is 16.6. The third-order valence-corrected chi connectivity index (χ3v) is 6.31. The summed E-state index contributed by atoms with van der Waals surface area (Å²) in [4.78, 5) is 40.5. The number of nitrogens with one attached hydrogen (secondary N) is 2. The number of carbonyl (C=O) groups is 3. The van der Waals surface area contributed by atoms with Gasteiger partial charge in [-0.15, -0.1) is 0 Å². The molecular formula is C34H51N3O6. The van der Waals surface area contributed by atoms with E-state index in [9.17, 15) is 14.4 Å². The Balaban J connectivity index is 2.14. The molecule has 43 heavy (non-hydrogen) atoms. The van der Waals surface area contributed by atoms with Crippen molar-refractivity contribution in [1.29, 1.82) is 0 Å². The second-order valence-corrected chi connectivity index (χ2v) is 12.8. The number of hydrogen-bond acceptors (Lipinski definition) is 7. The molecule has 0 aromatic heterocycles. The fraction of sp³-hybridized carbons (Fsp3) is 0.559. The highest BCUT2D eigenvalue weighted by molar-refractivity contribution is 5.72. The highest BCUT2D eigenvalue weighted by atomic mass is 16.6. The summed E-state index contributed by atoms with van der Waals surface area (Å²) in [6, 6.07) is 18.4. The zero-order chi connectivity index (χ0) is 31.8. The van der Waals surface area contributed by atoms with Crippen LogP contribution in [0.25, 0.3) is 0 Å². The molecule has 2 aromatic rings. The Hall–Kier alpha value is -3.59. The molecule has 0 fully saturated rings. The first kappa shape index (κ1) is 35.6. The molecule has 9 nitrogen and oxygen atoms in total. The maximum atomic E-state index is 13.0. The van der Waals surface area contributed by atoms with Crippen molar-refractivity contribution in [2.24, 2.45) is 11.8 Å². The summed E-state index contributed by atoms with van der Waals surface area (Å²) in [5.41, 5.74) is 1.15. The molecule has 0 bridgehead atoms. The molecule has 2 aromatic carbocycles. The lowest BCUT2D eigenvalue weighted by Gasteiger charge is -2.32. The van der Waals surface area contributed by atoms with E-state index in [-0.39, 0.29) is 49.6 Å². The molecule has 0 saturated carbocycles. The second kappa shape index (κ2) is 18.2. The van der Waals surface area contributed by atoms with E-state index >= 15 is 0 Å². The maximum absolute atomic E-state index is 13.0. The van der Waals surface area contributed by atoms with Crippen molar-refractivity contribution in [2.75, 3.05) is 19.6 Å². The minimum absolute atomic E-state index is 0.00193. The van der Waals surface area contributed by atoms with Crippen LogP contribution in [0.3, 0.4) is 0 Å². The van der Waals surface area contributed by atoms with Crippen LogP contribution in [0, 0.1) is 11.8 Å². The molecule has 2 rings (SSSR count). The quantitative estimate of drug-likeness (QED) is 0.172. The molecule has 238 valence electrons. The number of hydrogen-bond donors (Lipinski definition) is 2. The van der Waals surface area contributed by atoms with E-state index < -0.39 is 17.8 Å². The first-order chi connectivity index (χ1) is 20.3. The summed E-state index contributed by atoms with van der Waals surface area (Å²) < 4.78 is 16.6. The molecule has 0 spiro atoms. The van der Waals surface area contributed by atoms with Gasteiger partial charge in [0, 0.05) is 25.2 Å². The van der Waals surface area contributed by atoms with Crippen LogP contribution in [0.2, 0.25) is 0 Å². The lowest BCUT2D eigenvalue weighted by Crippen LogP contribution is -2.51. The Morgan fingerprint density at radius 3 is 1.44 bits per heavy atom. The van der Waals surface area contributed by atoms with Crippen LogP contribution in [0.5, 0.6) is 0 Å². The van der Waals surface area contributed by atoms with Gasteiger partial charge in [0.05, 0.1) is 6.54 Å². The summed E-state index contributed by atoms with van der Waals surface area (Å²) >= 11 is 0. The fourth-order valence-electron chi connectivity index (χ4n) is 4.74. The van der Waals surface area contributed by atoms with Crippen LogP contribution < -0.4 is 10.6 Å². The molecule has 0 saturated heterocycles. The molecule has 2 amide bonds. The van der Waals surface area contributed by atoms with Crippen LogP contribution in [0.15, 0.2) is 60.7 Å². The van der Waals surface area contributed by atoms with Gasteiger partial charge in [0.15, 0.2) is 0 Å². The molecular weight excluding hydrogens is 546 g/mol. The SMILES string of the molecule is CC(C)CC(CN(CC(=O)OC(C)(C)C)CC(CC(C)C)NC(=O)OCc1ccccc1)NC(=O)OCc1ccccc1. The number of alkyl carbamates (subject to hydrolysis) is 2. The van der Waals surface area contributed by atoms with Gasteiger partial charge in [-0.3, -0.25) is 9.69 Å². The van der Waals surface area contributed by atoms with Crippen LogP contribution in [-0.2, 0) is 32.2 Å². The first-order valence-electron chi connectivity index (χ1n) is 15.2. The van der Waals surface area contributed by atoms with Crippen LogP contribution >= 0.6 is 0 Å². The molecule has 2 N–H and O–H groups in total. The minimum atomic E-state index is -0.642. The Kier molecular flexibility index (Phi) is 15.0. The van der Waals surface area contributed by atoms with Gasteiger partial charge in [-0.2, -0.15) is 0 Å². The summed E-state index contributed by atoms with van der Waals surface area (Å²) in [7, 11) is 0. The van der Waals surface area contributed by atoms with Gasteiger partial charge < -0.3 is 24.8 Å². The Bertz CT molecular complexity index is 1030. The van der Waals surface area contributed by atoms with Crippen molar-refractivity contribution in [3.63, 3.8) is 0 Å². The normalized spacial score (nSPS) is 13.0. The van der Waals surface area contributed by atoms with Crippen LogP contribution in [0.1, 0.15) is 72.4 Å². The number of esters is 1. The number of nitrogens with zero attached hydrogens (tertiary/aromatic N) is 1. The lowest BCUT2D eigenvalue weighted by molar-refractivity contribution is -0.156. The zero-order valence-corrected chi connectivity index (χ0v) is 26.9. The van der Waals surface area contributed by atoms with Crippen molar-refractivity contribution in [3.8, 4) is 0 Å². The van der Waals surface area contributed by atoms with E-state index in [2.05, 4.69) is 38.3 Å². The van der Waals surface area contributed by atoms with Gasteiger partial charge in [0.2, 0.25) is 0 Å². The highest BCUT2D eigenvalue weighted by Crippen LogP contribution is 2.14. The van der Waals surface area contributed by atoms with E-state index in [1.165, 1.54) is 0 Å². The fourth-order valence-corrected chi connectivity index (χ4v) is 4.74. The molecule has 0 aliphatic carbocycles. The average Bonchev–Trinajstić information content (AvgIpc) is 2.90. The predicted octanol–water partition coefficient (Wildman–Crippen LogP) is 6.31. The van der Waals surface area contributed by atoms with Crippen molar-refractivity contribution in [3.05, 3.63) is 71.8 Å². The van der Waals surface area contributed by atoms with E-state index in [0.717, 1.165) is 11.1 Å². The average molecular weight is 598 g/mol. The van der Waals surface area contributed by atoms with Crippen molar-refractivity contribution >= 4 is 18.2 Å². The number of carbonyl (C=O) groups excluding carboxylic acids is 3. The second-order valence-electron chi connectivity index (χ2n) is 12.8. The zero-order valence-electron chi connectivity index (χ0n) is 26.9. The van der Waals surface area contributed by atoms with Gasteiger partial charge in [-0.05, 0) is 56.6 Å². The molecule has 2 atom stereocenters. The molecule has 2 unspecified atom stereocenters. The maximum Gasteiger partial charge on any atom is 0.407 e. The third-order valence-electron chi connectivity index (χ3n) is 6.31. The summed E-state index contributed by atoms with van der Waals surface area (Å²) in [5, 5.41) is 5.99. The monoisotopic (exact) mass is 597 g/mol. The Morgan fingerprint density at radius 2 is 1.09 bits per heavy atom. The molecule has 0 heterocycles. The summed E-state index contributed by atoms with van der Waals surface area (Å²) in [5.74, 6) is 0.179. The van der Waals surface area contributed by atoms with E-state index in [0.29, 0.717) is 25.9 Å². The number of benzene rings is 2. The first-order valence-corrected chi connectivity index (χ1v) is 15.2. The smallest absolute Gasteiger partial charge is 0.407 e. The number of rotatable bonds is 16. The Morgan fingerprint density at radius 1 is 0.698 bits per heavy atom. The van der Waals surface area contributed by atoms with Crippen LogP contribution in [-0.4, -0.2) is 60.4 Å². The van der Waals surface area contributed by atoms with Crippen molar-refractivity contribution in [1.82, 2.24) is 15.5 Å². The van der Waals surface area contributed by atoms with E-state index in [4.69, 9.17) is 14.2 Å². The van der Waals surface area contributed by atoms with Gasteiger partial charge in [0.1, 0.15) is 18.8 Å². The molecule has 0 radical (unpaired) electrons. The van der Waals surface area contributed by atoms with Crippen molar-refractivity contribution < 1.29 is 28.6 Å². The van der Waals surface area contributed by atoms with Gasteiger partial charge >= 0.3 is 18.2 Å². The van der Waals surface area contributed by atoms with Gasteiger partial charge in [-0.25, -0.2) is 9.59 Å².